The van der Waals surface area contributed by atoms with Crippen molar-refractivity contribution in [1.82, 2.24) is 24.6 Å². The van der Waals surface area contributed by atoms with E-state index in [4.69, 9.17) is 0 Å². The van der Waals surface area contributed by atoms with Crippen molar-refractivity contribution < 1.29 is 4.79 Å². The molecule has 6 heteroatoms. The molecule has 1 N–H and O–H groups in total. The van der Waals surface area contributed by atoms with E-state index in [0.29, 0.717) is 11.5 Å². The number of carbonyl (C=O) groups is 1. The van der Waals surface area contributed by atoms with Crippen molar-refractivity contribution in [1.29, 1.82) is 0 Å². The van der Waals surface area contributed by atoms with Crippen LogP contribution in [0.1, 0.15) is 39.9 Å². The van der Waals surface area contributed by atoms with Gasteiger partial charge < -0.3 is 9.88 Å². The van der Waals surface area contributed by atoms with Crippen LogP contribution in [-0.2, 0) is 7.05 Å². The summed E-state index contributed by atoms with van der Waals surface area (Å²) in [4.78, 5) is 22.0. The first-order chi connectivity index (χ1) is 9.54. The lowest BCUT2D eigenvalue weighted by atomic mass is 10.1. The van der Waals surface area contributed by atoms with Gasteiger partial charge in [0.05, 0.1) is 11.3 Å². The minimum absolute atomic E-state index is 0.0707. The van der Waals surface area contributed by atoms with E-state index in [1.54, 1.807) is 10.9 Å². The topological polar surface area (TPSA) is 66.8 Å². The molecule has 1 aliphatic heterocycles. The molecule has 1 fully saturated rings. The number of hydrogen-bond acceptors (Lipinski definition) is 3. The van der Waals surface area contributed by atoms with Gasteiger partial charge in [0.1, 0.15) is 5.82 Å². The highest BCUT2D eigenvalue weighted by Crippen LogP contribution is 2.26. The molecule has 3 rings (SSSR count). The van der Waals surface area contributed by atoms with Crippen molar-refractivity contribution in [3.8, 4) is 0 Å². The number of amides is 1. The lowest BCUT2D eigenvalue weighted by Crippen LogP contribution is -2.28. The molecule has 0 aromatic carbocycles. The quantitative estimate of drug-likeness (QED) is 0.899. The fourth-order valence-corrected chi connectivity index (χ4v) is 2.79. The number of aromatic nitrogens is 4. The minimum atomic E-state index is 0.0707. The maximum absolute atomic E-state index is 12.5. The van der Waals surface area contributed by atoms with Crippen molar-refractivity contribution in [3.05, 3.63) is 35.2 Å². The first-order valence-corrected chi connectivity index (χ1v) is 6.85. The van der Waals surface area contributed by atoms with Gasteiger partial charge in [0.2, 0.25) is 0 Å². The predicted octanol–water partition coefficient (Wildman–Crippen LogP) is 1.39. The van der Waals surface area contributed by atoms with Crippen molar-refractivity contribution in [2.45, 2.75) is 26.2 Å². The number of likely N-dealkylation sites (tertiary alicyclic amines) is 1. The van der Waals surface area contributed by atoms with Gasteiger partial charge in [-0.15, -0.1) is 0 Å². The van der Waals surface area contributed by atoms with Crippen molar-refractivity contribution in [2.24, 2.45) is 7.05 Å². The molecular formula is C14H19N5O. The van der Waals surface area contributed by atoms with Crippen molar-refractivity contribution in [3.63, 3.8) is 0 Å². The predicted molar refractivity (Wildman–Crippen MR) is 74.5 cm³/mol. The van der Waals surface area contributed by atoms with E-state index in [-0.39, 0.29) is 5.91 Å². The van der Waals surface area contributed by atoms with Crippen LogP contribution in [0, 0.1) is 13.8 Å². The maximum Gasteiger partial charge on any atom is 0.257 e. The third-order valence-electron chi connectivity index (χ3n) is 3.83. The fraction of sp³-hybridized carbons (Fsp3) is 0.500. The SMILES string of the molecule is Cc1cnc(C2CCN(C(=O)c3cn(C)nc3C)C2)[nH]1. The van der Waals surface area contributed by atoms with Gasteiger partial charge in [-0.3, -0.25) is 9.48 Å². The Bertz CT molecular complexity index is 642. The Hall–Kier alpha value is -2.11. The molecule has 1 saturated heterocycles. The zero-order chi connectivity index (χ0) is 14.3. The molecule has 0 spiro atoms. The average molecular weight is 273 g/mol. The number of rotatable bonds is 2. The van der Waals surface area contributed by atoms with Crippen LogP contribution in [0.3, 0.4) is 0 Å². The lowest BCUT2D eigenvalue weighted by Gasteiger charge is -2.15. The molecular weight excluding hydrogens is 254 g/mol. The number of hydrogen-bond donors (Lipinski definition) is 1. The normalized spacial score (nSPS) is 18.8. The molecule has 2 aromatic rings. The van der Waals surface area contributed by atoms with Gasteiger partial charge in [0.15, 0.2) is 0 Å². The van der Waals surface area contributed by atoms with Crippen molar-refractivity contribution >= 4 is 5.91 Å². The van der Waals surface area contributed by atoms with E-state index in [1.807, 2.05) is 32.0 Å². The zero-order valence-electron chi connectivity index (χ0n) is 12.1. The largest absolute Gasteiger partial charge is 0.346 e. The van der Waals surface area contributed by atoms with Gasteiger partial charge in [0, 0.05) is 44.1 Å². The molecule has 3 heterocycles. The standard InChI is InChI=1S/C14H19N5O/c1-9-6-15-13(16-9)11-4-5-19(7-11)14(20)12-8-18(3)17-10(12)2/h6,8,11H,4-5,7H2,1-3H3,(H,15,16). The molecule has 1 aliphatic rings. The second kappa shape index (κ2) is 4.77. The van der Waals surface area contributed by atoms with E-state index < -0.39 is 0 Å². The van der Waals surface area contributed by atoms with Gasteiger partial charge in [-0.25, -0.2) is 4.98 Å². The highest BCUT2D eigenvalue weighted by Gasteiger charge is 2.30. The van der Waals surface area contributed by atoms with Gasteiger partial charge in [-0.2, -0.15) is 5.10 Å². The molecule has 106 valence electrons. The molecule has 0 aliphatic carbocycles. The second-order valence-corrected chi connectivity index (χ2v) is 5.49. The molecule has 0 radical (unpaired) electrons. The highest BCUT2D eigenvalue weighted by atomic mass is 16.2. The number of nitrogens with zero attached hydrogens (tertiary/aromatic N) is 4. The number of imidazole rings is 1. The second-order valence-electron chi connectivity index (χ2n) is 5.49. The number of aryl methyl sites for hydroxylation is 3. The maximum atomic E-state index is 12.5. The van der Waals surface area contributed by atoms with Crippen LogP contribution in [0.2, 0.25) is 0 Å². The van der Waals surface area contributed by atoms with Crippen LogP contribution < -0.4 is 0 Å². The number of carbonyl (C=O) groups excluding carboxylic acids is 1. The van der Waals surface area contributed by atoms with Crippen molar-refractivity contribution in [2.75, 3.05) is 13.1 Å². The van der Waals surface area contributed by atoms with E-state index in [9.17, 15) is 4.79 Å². The van der Waals surface area contributed by atoms with Crippen LogP contribution in [-0.4, -0.2) is 43.6 Å². The Kier molecular flexibility index (Phi) is 3.08. The smallest absolute Gasteiger partial charge is 0.257 e. The van der Waals surface area contributed by atoms with Crippen LogP contribution >= 0.6 is 0 Å². The third kappa shape index (κ3) is 2.21. The van der Waals surface area contributed by atoms with Gasteiger partial charge in [-0.1, -0.05) is 0 Å². The summed E-state index contributed by atoms with van der Waals surface area (Å²) >= 11 is 0. The Morgan fingerprint density at radius 3 is 2.85 bits per heavy atom. The van der Waals surface area contributed by atoms with Crippen LogP contribution in [0.15, 0.2) is 12.4 Å². The monoisotopic (exact) mass is 273 g/mol. The summed E-state index contributed by atoms with van der Waals surface area (Å²) in [6, 6.07) is 0. The Balaban J connectivity index is 1.74. The summed E-state index contributed by atoms with van der Waals surface area (Å²) in [7, 11) is 1.84. The van der Waals surface area contributed by atoms with Crippen LogP contribution in [0.25, 0.3) is 0 Å². The minimum Gasteiger partial charge on any atom is -0.346 e. The molecule has 20 heavy (non-hydrogen) atoms. The number of nitrogens with one attached hydrogen (secondary N) is 1. The third-order valence-corrected chi connectivity index (χ3v) is 3.83. The molecule has 2 aromatic heterocycles. The first kappa shape index (κ1) is 12.9. The molecule has 6 nitrogen and oxygen atoms in total. The van der Waals surface area contributed by atoms with Crippen LogP contribution in [0.5, 0.6) is 0 Å². The number of aromatic amines is 1. The van der Waals surface area contributed by atoms with Crippen LogP contribution in [0.4, 0.5) is 0 Å². The molecule has 1 amide bonds. The Labute approximate surface area is 117 Å². The summed E-state index contributed by atoms with van der Waals surface area (Å²) in [5, 5.41) is 4.23. The summed E-state index contributed by atoms with van der Waals surface area (Å²) < 4.78 is 1.69. The molecule has 1 atom stereocenters. The average Bonchev–Trinajstić information content (AvgIpc) is 3.08. The van der Waals surface area contributed by atoms with Gasteiger partial charge in [0.25, 0.3) is 5.91 Å². The summed E-state index contributed by atoms with van der Waals surface area (Å²) in [5.41, 5.74) is 2.55. The van der Waals surface area contributed by atoms with E-state index >= 15 is 0 Å². The Morgan fingerprint density at radius 1 is 1.45 bits per heavy atom. The van der Waals surface area contributed by atoms with E-state index in [0.717, 1.165) is 36.7 Å². The molecule has 0 bridgehead atoms. The zero-order valence-corrected chi connectivity index (χ0v) is 12.1. The van der Waals surface area contributed by atoms with E-state index in [2.05, 4.69) is 15.1 Å². The first-order valence-electron chi connectivity index (χ1n) is 6.85. The molecule has 0 saturated carbocycles. The highest BCUT2D eigenvalue weighted by molar-refractivity contribution is 5.95. The lowest BCUT2D eigenvalue weighted by molar-refractivity contribution is 0.0790. The summed E-state index contributed by atoms with van der Waals surface area (Å²) in [6.45, 7) is 5.36. The van der Waals surface area contributed by atoms with Gasteiger partial charge in [-0.05, 0) is 20.3 Å². The fourth-order valence-electron chi connectivity index (χ4n) is 2.79. The summed E-state index contributed by atoms with van der Waals surface area (Å²) in [6.07, 6.45) is 4.59. The van der Waals surface area contributed by atoms with Gasteiger partial charge >= 0.3 is 0 Å². The molecule has 1 unspecified atom stereocenters. The number of H-pyrrole nitrogens is 1. The Morgan fingerprint density at radius 2 is 2.25 bits per heavy atom. The van der Waals surface area contributed by atoms with E-state index in [1.165, 1.54) is 0 Å². The summed E-state index contributed by atoms with van der Waals surface area (Å²) in [5.74, 6) is 1.37.